The summed E-state index contributed by atoms with van der Waals surface area (Å²) in [4.78, 5) is 13.8. The van der Waals surface area contributed by atoms with E-state index >= 15 is 0 Å². The van der Waals surface area contributed by atoms with E-state index < -0.39 is 11.6 Å². The van der Waals surface area contributed by atoms with Crippen LogP contribution in [0.5, 0.6) is 0 Å². The summed E-state index contributed by atoms with van der Waals surface area (Å²) in [6, 6.07) is 3.28. The number of carbonyl (C=O) groups excluding carboxylic acids is 1. The van der Waals surface area contributed by atoms with Gasteiger partial charge in [0.25, 0.3) is 0 Å². The maximum atomic E-state index is 13.4. The molecule has 1 amide bonds. The van der Waals surface area contributed by atoms with Crippen LogP contribution in [0.1, 0.15) is 12.8 Å². The monoisotopic (exact) mass is 269 g/mol. The van der Waals surface area contributed by atoms with E-state index in [1.54, 1.807) is 0 Å². The van der Waals surface area contributed by atoms with Gasteiger partial charge < -0.3 is 11.1 Å². The summed E-state index contributed by atoms with van der Waals surface area (Å²) in [5, 5.41) is 2.45. The minimum absolute atomic E-state index is 0.00473. The smallest absolute Gasteiger partial charge is 0.238 e. The van der Waals surface area contributed by atoms with Gasteiger partial charge in [-0.1, -0.05) is 0 Å². The van der Waals surface area contributed by atoms with E-state index in [0.29, 0.717) is 6.54 Å². The molecule has 1 aliphatic heterocycles. The molecule has 1 unspecified atom stereocenters. The van der Waals surface area contributed by atoms with Crippen LogP contribution in [-0.4, -0.2) is 36.5 Å². The van der Waals surface area contributed by atoms with Crippen LogP contribution < -0.4 is 11.1 Å². The molecular formula is C13H17F2N3O. The van der Waals surface area contributed by atoms with Crippen molar-refractivity contribution in [2.75, 3.05) is 25.0 Å². The number of nitrogens with one attached hydrogen (secondary N) is 1. The maximum absolute atomic E-state index is 13.4. The van der Waals surface area contributed by atoms with E-state index in [2.05, 4.69) is 5.32 Å². The highest BCUT2D eigenvalue weighted by molar-refractivity contribution is 5.92. The van der Waals surface area contributed by atoms with Gasteiger partial charge in [0, 0.05) is 18.7 Å². The number of nitrogens with two attached hydrogens (primary N) is 1. The van der Waals surface area contributed by atoms with E-state index in [1.165, 1.54) is 6.07 Å². The molecule has 0 aromatic heterocycles. The van der Waals surface area contributed by atoms with Gasteiger partial charge in [-0.2, -0.15) is 0 Å². The molecule has 0 radical (unpaired) electrons. The zero-order valence-corrected chi connectivity index (χ0v) is 10.5. The summed E-state index contributed by atoms with van der Waals surface area (Å²) in [5.41, 5.74) is 5.61. The van der Waals surface area contributed by atoms with E-state index in [4.69, 9.17) is 5.73 Å². The van der Waals surface area contributed by atoms with Crippen molar-refractivity contribution >= 4 is 11.6 Å². The summed E-state index contributed by atoms with van der Waals surface area (Å²) in [5.74, 6) is -1.76. The molecule has 1 fully saturated rings. The Morgan fingerprint density at radius 1 is 1.47 bits per heavy atom. The molecule has 1 atom stereocenters. The lowest BCUT2D eigenvalue weighted by Crippen LogP contribution is -2.40. The number of benzene rings is 1. The normalized spacial score (nSPS) is 19.6. The number of hydrogen-bond acceptors (Lipinski definition) is 3. The van der Waals surface area contributed by atoms with Crippen LogP contribution in [0.2, 0.25) is 0 Å². The van der Waals surface area contributed by atoms with Crippen molar-refractivity contribution in [3.8, 4) is 0 Å². The van der Waals surface area contributed by atoms with Crippen LogP contribution in [-0.2, 0) is 4.79 Å². The fourth-order valence-corrected chi connectivity index (χ4v) is 2.34. The Labute approximate surface area is 110 Å². The number of nitrogens with zero attached hydrogens (tertiary/aromatic N) is 1. The van der Waals surface area contributed by atoms with Gasteiger partial charge in [-0.05, 0) is 31.5 Å². The molecule has 0 saturated carbocycles. The lowest BCUT2D eigenvalue weighted by Gasteiger charge is -2.22. The first-order valence-electron chi connectivity index (χ1n) is 6.29. The van der Waals surface area contributed by atoms with Crippen molar-refractivity contribution in [2.45, 2.75) is 18.9 Å². The third-order valence-electron chi connectivity index (χ3n) is 3.32. The van der Waals surface area contributed by atoms with Gasteiger partial charge in [0.05, 0.1) is 12.2 Å². The first kappa shape index (κ1) is 13.9. The summed E-state index contributed by atoms with van der Waals surface area (Å²) in [6.45, 7) is 1.51. The maximum Gasteiger partial charge on any atom is 0.238 e. The van der Waals surface area contributed by atoms with Gasteiger partial charge in [0.15, 0.2) is 0 Å². The Hall–Kier alpha value is -1.53. The summed E-state index contributed by atoms with van der Waals surface area (Å²) in [6.07, 6.45) is 1.99. The molecular weight excluding hydrogens is 252 g/mol. The highest BCUT2D eigenvalue weighted by Crippen LogP contribution is 2.17. The zero-order valence-electron chi connectivity index (χ0n) is 10.5. The van der Waals surface area contributed by atoms with Crippen LogP contribution in [0.15, 0.2) is 18.2 Å². The SMILES string of the molecule is NCC1CCCN1CC(=O)Nc1ccc(F)cc1F. The van der Waals surface area contributed by atoms with E-state index in [0.717, 1.165) is 31.5 Å². The molecule has 0 aliphatic carbocycles. The molecule has 3 N–H and O–H groups in total. The highest BCUT2D eigenvalue weighted by atomic mass is 19.1. The lowest BCUT2D eigenvalue weighted by atomic mass is 10.2. The van der Waals surface area contributed by atoms with Crippen LogP contribution in [0.4, 0.5) is 14.5 Å². The van der Waals surface area contributed by atoms with E-state index in [9.17, 15) is 13.6 Å². The number of carbonyl (C=O) groups is 1. The Morgan fingerprint density at radius 3 is 2.95 bits per heavy atom. The predicted molar refractivity (Wildman–Crippen MR) is 68.6 cm³/mol. The topological polar surface area (TPSA) is 58.4 Å². The highest BCUT2D eigenvalue weighted by Gasteiger charge is 2.25. The molecule has 6 heteroatoms. The second-order valence-electron chi connectivity index (χ2n) is 4.67. The van der Waals surface area contributed by atoms with Crippen LogP contribution >= 0.6 is 0 Å². The fraction of sp³-hybridized carbons (Fsp3) is 0.462. The fourth-order valence-electron chi connectivity index (χ4n) is 2.34. The van der Waals surface area contributed by atoms with Gasteiger partial charge >= 0.3 is 0 Å². The summed E-state index contributed by atoms with van der Waals surface area (Å²) >= 11 is 0. The van der Waals surface area contributed by atoms with Crippen molar-refractivity contribution in [3.63, 3.8) is 0 Å². The standard InChI is InChI=1S/C13H17F2N3O/c14-9-3-4-12(11(15)6-9)17-13(19)8-18-5-1-2-10(18)7-16/h3-4,6,10H,1-2,5,7-8,16H2,(H,17,19). The minimum atomic E-state index is -0.773. The largest absolute Gasteiger partial charge is 0.329 e. The lowest BCUT2D eigenvalue weighted by molar-refractivity contribution is -0.117. The van der Waals surface area contributed by atoms with Crippen LogP contribution in [0, 0.1) is 11.6 Å². The van der Waals surface area contributed by atoms with Crippen molar-refractivity contribution in [2.24, 2.45) is 5.73 Å². The van der Waals surface area contributed by atoms with Crippen molar-refractivity contribution in [1.29, 1.82) is 0 Å². The first-order valence-corrected chi connectivity index (χ1v) is 6.29. The summed E-state index contributed by atoms with van der Waals surface area (Å²) in [7, 11) is 0. The van der Waals surface area contributed by atoms with Crippen molar-refractivity contribution < 1.29 is 13.6 Å². The van der Waals surface area contributed by atoms with E-state index in [-0.39, 0.29) is 24.2 Å². The second kappa shape index (κ2) is 6.08. The van der Waals surface area contributed by atoms with Crippen molar-refractivity contribution in [3.05, 3.63) is 29.8 Å². The van der Waals surface area contributed by atoms with Crippen LogP contribution in [0.25, 0.3) is 0 Å². The second-order valence-corrected chi connectivity index (χ2v) is 4.67. The van der Waals surface area contributed by atoms with Gasteiger partial charge in [0.2, 0.25) is 5.91 Å². The Morgan fingerprint density at radius 2 is 2.26 bits per heavy atom. The third-order valence-corrected chi connectivity index (χ3v) is 3.32. The molecule has 2 rings (SSSR count). The molecule has 19 heavy (non-hydrogen) atoms. The number of amides is 1. The minimum Gasteiger partial charge on any atom is -0.329 e. The summed E-state index contributed by atoms with van der Waals surface area (Å²) < 4.78 is 26.1. The molecule has 0 bridgehead atoms. The third kappa shape index (κ3) is 3.48. The Bertz CT molecular complexity index is 467. The molecule has 1 heterocycles. The molecule has 4 nitrogen and oxygen atoms in total. The average Bonchev–Trinajstić information content (AvgIpc) is 2.80. The number of halogens is 2. The van der Waals surface area contributed by atoms with Crippen LogP contribution in [0.3, 0.4) is 0 Å². The van der Waals surface area contributed by atoms with Gasteiger partial charge in [-0.15, -0.1) is 0 Å². The first-order chi connectivity index (χ1) is 9.10. The molecule has 1 aliphatic rings. The number of likely N-dealkylation sites (tertiary alicyclic amines) is 1. The van der Waals surface area contributed by atoms with Gasteiger partial charge in [-0.3, -0.25) is 9.69 Å². The molecule has 1 aromatic carbocycles. The van der Waals surface area contributed by atoms with Crippen molar-refractivity contribution in [1.82, 2.24) is 4.90 Å². The molecule has 1 saturated heterocycles. The predicted octanol–water partition coefficient (Wildman–Crippen LogP) is 1.33. The Kier molecular flexibility index (Phi) is 4.44. The average molecular weight is 269 g/mol. The Balaban J connectivity index is 1.94. The quantitative estimate of drug-likeness (QED) is 0.867. The number of rotatable bonds is 4. The molecule has 1 aromatic rings. The molecule has 0 spiro atoms. The van der Waals surface area contributed by atoms with Gasteiger partial charge in [0.1, 0.15) is 11.6 Å². The zero-order chi connectivity index (χ0) is 13.8. The molecule has 104 valence electrons. The number of hydrogen-bond donors (Lipinski definition) is 2. The van der Waals surface area contributed by atoms with Gasteiger partial charge in [-0.25, -0.2) is 8.78 Å². The number of anilines is 1. The van der Waals surface area contributed by atoms with E-state index in [1.807, 2.05) is 4.90 Å².